The molecule has 1 aromatic heterocycles. The number of alkyl halides is 3. The summed E-state index contributed by atoms with van der Waals surface area (Å²) in [5, 5.41) is 2.65. The van der Waals surface area contributed by atoms with Crippen LogP contribution in [0.1, 0.15) is 29.8 Å². The Bertz CT molecular complexity index is 1030. The highest BCUT2D eigenvalue weighted by Gasteiger charge is 2.35. The summed E-state index contributed by atoms with van der Waals surface area (Å²) < 4.78 is 56.1. The maximum absolute atomic E-state index is 13.4. The summed E-state index contributed by atoms with van der Waals surface area (Å²) in [6.07, 6.45) is -4.67. The van der Waals surface area contributed by atoms with Crippen molar-refractivity contribution in [3.8, 4) is 5.75 Å². The Morgan fingerprint density at radius 3 is 2.31 bits per heavy atom. The summed E-state index contributed by atoms with van der Waals surface area (Å²) in [6, 6.07) is 4.86. The predicted octanol–water partition coefficient (Wildman–Crippen LogP) is 3.21. The molecule has 0 radical (unpaired) electrons. The van der Waals surface area contributed by atoms with Gasteiger partial charge in [-0.15, -0.1) is 0 Å². The van der Waals surface area contributed by atoms with Crippen LogP contribution in [0.2, 0.25) is 0 Å². The predicted molar refractivity (Wildman–Crippen MR) is 123 cm³/mol. The number of ether oxygens (including phenoxy) is 3. The summed E-state index contributed by atoms with van der Waals surface area (Å²) >= 11 is 0. The Labute approximate surface area is 201 Å². The molecular formula is C23H28F3N5O4. The normalized spacial score (nSPS) is 21.1. The number of morpholine rings is 2. The molecule has 0 unspecified atom stereocenters. The Morgan fingerprint density at radius 2 is 1.71 bits per heavy atom. The minimum absolute atomic E-state index is 0.0144. The second-order valence-corrected chi connectivity index (χ2v) is 8.51. The highest BCUT2D eigenvalue weighted by Crippen LogP contribution is 2.37. The Kier molecular flexibility index (Phi) is 7.31. The van der Waals surface area contributed by atoms with Gasteiger partial charge in [0.25, 0.3) is 5.91 Å². The monoisotopic (exact) mass is 495 g/mol. The van der Waals surface area contributed by atoms with E-state index in [0.717, 1.165) is 19.2 Å². The van der Waals surface area contributed by atoms with E-state index in [0.29, 0.717) is 51.3 Å². The highest BCUT2D eigenvalue weighted by molar-refractivity contribution is 6.04. The van der Waals surface area contributed by atoms with Crippen LogP contribution in [0.3, 0.4) is 0 Å². The van der Waals surface area contributed by atoms with E-state index in [1.54, 1.807) is 6.07 Å². The number of halogens is 3. The number of nitrogens with one attached hydrogen (secondary N) is 1. The fourth-order valence-corrected chi connectivity index (χ4v) is 4.11. The third-order valence-corrected chi connectivity index (χ3v) is 6.00. The Morgan fingerprint density at radius 1 is 1.06 bits per heavy atom. The highest BCUT2D eigenvalue weighted by atomic mass is 19.4. The van der Waals surface area contributed by atoms with Crippen molar-refractivity contribution in [1.29, 1.82) is 0 Å². The zero-order valence-electron chi connectivity index (χ0n) is 19.8. The Balaban J connectivity index is 1.67. The molecule has 190 valence electrons. The molecule has 35 heavy (non-hydrogen) atoms. The van der Waals surface area contributed by atoms with Crippen molar-refractivity contribution in [3.63, 3.8) is 0 Å². The molecule has 1 amide bonds. The van der Waals surface area contributed by atoms with Crippen molar-refractivity contribution in [3.05, 3.63) is 35.4 Å². The summed E-state index contributed by atoms with van der Waals surface area (Å²) in [5.41, 5.74) is -1.19. The standard InChI is InChI=1S/C23H28F3N5O4/c1-14-12-34-8-6-30(14)20-11-19(28-22(29-20)31-7-9-35-13-15(31)2)27-21(32)16-4-5-18(33-3)17(10-16)23(24,25)26/h4-5,10-11,14-15H,6-9,12-13H2,1-3H3,(H,27,28,29,32)/t14-,15-/m0/s1. The molecule has 2 aliphatic heterocycles. The summed E-state index contributed by atoms with van der Waals surface area (Å²) in [7, 11) is 1.15. The Hall–Kier alpha value is -3.12. The zero-order chi connectivity index (χ0) is 25.2. The van der Waals surface area contributed by atoms with Gasteiger partial charge in [0.1, 0.15) is 17.4 Å². The van der Waals surface area contributed by atoms with E-state index in [9.17, 15) is 18.0 Å². The molecule has 2 atom stereocenters. The largest absolute Gasteiger partial charge is 0.496 e. The first-order valence-electron chi connectivity index (χ1n) is 11.3. The van der Waals surface area contributed by atoms with Crippen LogP contribution in [0.5, 0.6) is 5.75 Å². The first-order chi connectivity index (χ1) is 16.7. The number of hydrogen-bond donors (Lipinski definition) is 1. The second kappa shape index (κ2) is 10.2. The number of benzene rings is 1. The number of anilines is 3. The number of hydrogen-bond acceptors (Lipinski definition) is 8. The van der Waals surface area contributed by atoms with Crippen LogP contribution in [-0.2, 0) is 15.7 Å². The fraction of sp³-hybridized carbons (Fsp3) is 0.522. The molecule has 2 aliphatic rings. The van der Waals surface area contributed by atoms with Gasteiger partial charge < -0.3 is 29.3 Å². The maximum Gasteiger partial charge on any atom is 0.419 e. The van der Waals surface area contributed by atoms with Crippen molar-refractivity contribution in [2.45, 2.75) is 32.1 Å². The van der Waals surface area contributed by atoms with Crippen LogP contribution in [-0.4, -0.2) is 74.6 Å². The lowest BCUT2D eigenvalue weighted by molar-refractivity contribution is -0.138. The van der Waals surface area contributed by atoms with E-state index >= 15 is 0 Å². The molecule has 4 rings (SSSR count). The van der Waals surface area contributed by atoms with Gasteiger partial charge in [-0.25, -0.2) is 0 Å². The molecule has 0 spiro atoms. The molecule has 1 N–H and O–H groups in total. The minimum atomic E-state index is -4.67. The number of carbonyl (C=O) groups is 1. The number of aromatic nitrogens is 2. The minimum Gasteiger partial charge on any atom is -0.496 e. The van der Waals surface area contributed by atoms with E-state index in [1.807, 2.05) is 18.7 Å². The van der Waals surface area contributed by atoms with Crippen molar-refractivity contribution < 1.29 is 32.2 Å². The van der Waals surface area contributed by atoms with Crippen LogP contribution in [0, 0.1) is 0 Å². The van der Waals surface area contributed by atoms with Crippen LogP contribution in [0.4, 0.5) is 30.8 Å². The lowest BCUT2D eigenvalue weighted by Gasteiger charge is -2.36. The molecule has 0 saturated carbocycles. The summed E-state index contributed by atoms with van der Waals surface area (Å²) in [6.45, 7) is 7.26. The van der Waals surface area contributed by atoms with Crippen molar-refractivity contribution in [2.24, 2.45) is 0 Å². The van der Waals surface area contributed by atoms with Crippen LogP contribution in [0.15, 0.2) is 24.3 Å². The molecule has 12 heteroatoms. The number of nitrogens with zero attached hydrogens (tertiary/aromatic N) is 4. The van der Waals surface area contributed by atoms with E-state index in [-0.39, 0.29) is 29.2 Å². The molecule has 2 fully saturated rings. The molecule has 2 saturated heterocycles. The van der Waals surface area contributed by atoms with Gasteiger partial charge in [0.15, 0.2) is 0 Å². The number of amides is 1. The molecule has 0 aliphatic carbocycles. The van der Waals surface area contributed by atoms with E-state index in [2.05, 4.69) is 15.2 Å². The zero-order valence-corrected chi connectivity index (χ0v) is 19.8. The number of rotatable bonds is 5. The average Bonchev–Trinajstić information content (AvgIpc) is 2.83. The van der Waals surface area contributed by atoms with Gasteiger partial charge >= 0.3 is 6.18 Å². The quantitative estimate of drug-likeness (QED) is 0.677. The van der Waals surface area contributed by atoms with Gasteiger partial charge in [-0.3, -0.25) is 4.79 Å². The lowest BCUT2D eigenvalue weighted by atomic mass is 10.1. The van der Waals surface area contributed by atoms with Crippen LogP contribution >= 0.6 is 0 Å². The topological polar surface area (TPSA) is 89.0 Å². The summed E-state index contributed by atoms with van der Waals surface area (Å²) in [4.78, 5) is 26.3. The number of carbonyl (C=O) groups excluding carboxylic acids is 1. The fourth-order valence-electron chi connectivity index (χ4n) is 4.11. The van der Waals surface area contributed by atoms with Crippen molar-refractivity contribution in [1.82, 2.24) is 9.97 Å². The van der Waals surface area contributed by atoms with Crippen LogP contribution < -0.4 is 19.9 Å². The smallest absolute Gasteiger partial charge is 0.419 e. The van der Waals surface area contributed by atoms with Crippen molar-refractivity contribution >= 4 is 23.5 Å². The molecule has 1 aromatic carbocycles. The van der Waals surface area contributed by atoms with Gasteiger partial charge in [-0.1, -0.05) is 0 Å². The van der Waals surface area contributed by atoms with Gasteiger partial charge in [-0.05, 0) is 32.0 Å². The van der Waals surface area contributed by atoms with E-state index in [1.165, 1.54) is 6.07 Å². The average molecular weight is 496 g/mol. The third-order valence-electron chi connectivity index (χ3n) is 6.00. The molecule has 3 heterocycles. The van der Waals surface area contributed by atoms with Gasteiger partial charge in [0.2, 0.25) is 5.95 Å². The van der Waals surface area contributed by atoms with Crippen molar-refractivity contribution in [2.75, 3.05) is 61.7 Å². The van der Waals surface area contributed by atoms with E-state index < -0.39 is 17.6 Å². The molecular weight excluding hydrogens is 467 g/mol. The first kappa shape index (κ1) is 25.0. The van der Waals surface area contributed by atoms with Crippen LogP contribution in [0.25, 0.3) is 0 Å². The summed E-state index contributed by atoms with van der Waals surface area (Å²) in [5.74, 6) is 0.127. The second-order valence-electron chi connectivity index (χ2n) is 8.51. The lowest BCUT2D eigenvalue weighted by Crippen LogP contribution is -2.46. The maximum atomic E-state index is 13.4. The SMILES string of the molecule is COc1ccc(C(=O)Nc2cc(N3CCOC[C@@H]3C)nc(N3CCOC[C@@H]3C)n2)cc1C(F)(F)F. The third kappa shape index (κ3) is 5.59. The van der Waals surface area contributed by atoms with E-state index in [4.69, 9.17) is 19.2 Å². The van der Waals surface area contributed by atoms with Gasteiger partial charge in [0.05, 0.1) is 51.2 Å². The molecule has 9 nitrogen and oxygen atoms in total. The van der Waals surface area contributed by atoms with Gasteiger partial charge in [0, 0.05) is 24.7 Å². The number of methoxy groups -OCH3 is 1. The first-order valence-corrected chi connectivity index (χ1v) is 11.3. The molecule has 2 aromatic rings. The molecule has 0 bridgehead atoms. The van der Waals surface area contributed by atoms with Gasteiger partial charge in [-0.2, -0.15) is 23.1 Å².